The molecule has 30 heavy (non-hydrogen) atoms. The van der Waals surface area contributed by atoms with Crippen molar-refractivity contribution in [2.45, 2.75) is 26.2 Å². The molecule has 8 heteroatoms. The van der Waals surface area contributed by atoms with Crippen molar-refractivity contribution in [3.8, 4) is 0 Å². The third-order valence-corrected chi connectivity index (χ3v) is 7.07. The first-order chi connectivity index (χ1) is 14.4. The third kappa shape index (κ3) is 3.82. The lowest BCUT2D eigenvalue weighted by Gasteiger charge is -2.30. The van der Waals surface area contributed by atoms with Crippen LogP contribution < -0.4 is 15.2 Å². The molecule has 1 amide bonds. The van der Waals surface area contributed by atoms with Gasteiger partial charge in [-0.25, -0.2) is 13.2 Å². The highest BCUT2D eigenvalue weighted by atomic mass is 32.2. The molecule has 0 bridgehead atoms. The lowest BCUT2D eigenvalue weighted by molar-refractivity contribution is 0.102. The van der Waals surface area contributed by atoms with Crippen molar-refractivity contribution >= 4 is 38.3 Å². The summed E-state index contributed by atoms with van der Waals surface area (Å²) in [5, 5.41) is 3.38. The Bertz CT molecular complexity index is 1280. The predicted molar refractivity (Wildman–Crippen MR) is 117 cm³/mol. The van der Waals surface area contributed by atoms with Crippen LogP contribution in [0.3, 0.4) is 0 Å². The summed E-state index contributed by atoms with van der Waals surface area (Å²) in [5.74, 6) is -0.469. The summed E-state index contributed by atoms with van der Waals surface area (Å²) in [5.41, 5.74) is 1.63. The Morgan fingerprint density at radius 3 is 2.77 bits per heavy atom. The number of benzene rings is 2. The van der Waals surface area contributed by atoms with E-state index in [1.165, 1.54) is 10.4 Å². The number of carbonyl (C=O) groups excluding carboxylic acids is 1. The third-order valence-electron chi connectivity index (χ3n) is 5.10. The Morgan fingerprint density at radius 1 is 1.17 bits per heavy atom. The summed E-state index contributed by atoms with van der Waals surface area (Å²) in [7, 11) is -3.36. The van der Waals surface area contributed by atoms with Crippen molar-refractivity contribution in [1.29, 1.82) is 0 Å². The molecular weight excluding hydrogens is 404 g/mol. The number of carbonyl (C=O) groups is 1. The highest BCUT2D eigenvalue weighted by molar-refractivity contribution is 7.92. The standard InChI is InChI=1S/C22H22N2O5S/c1-2-12-30(27,28)24-11-5-7-15-13-17(9-10-19(15)24)23-21(25)18-14-16-6-3-4-8-20(16)29-22(18)26/h3-4,6,8-10,13-14H,2,5,7,11-12H2,1H3,(H,23,25). The van der Waals surface area contributed by atoms with Crippen LogP contribution in [0.1, 0.15) is 35.7 Å². The van der Waals surface area contributed by atoms with Gasteiger partial charge in [0.15, 0.2) is 0 Å². The van der Waals surface area contributed by atoms with Gasteiger partial charge in [-0.2, -0.15) is 0 Å². The summed E-state index contributed by atoms with van der Waals surface area (Å²) >= 11 is 0. The Hall–Kier alpha value is -3.13. The zero-order valence-corrected chi connectivity index (χ0v) is 17.4. The minimum Gasteiger partial charge on any atom is -0.422 e. The molecule has 156 valence electrons. The Morgan fingerprint density at radius 2 is 1.97 bits per heavy atom. The number of para-hydroxylation sites is 1. The molecule has 2 aromatic carbocycles. The van der Waals surface area contributed by atoms with Gasteiger partial charge in [-0.3, -0.25) is 9.10 Å². The van der Waals surface area contributed by atoms with E-state index in [0.29, 0.717) is 41.7 Å². The van der Waals surface area contributed by atoms with Gasteiger partial charge in [-0.15, -0.1) is 0 Å². The van der Waals surface area contributed by atoms with Crippen molar-refractivity contribution in [2.75, 3.05) is 21.9 Å². The molecule has 0 unspecified atom stereocenters. The highest BCUT2D eigenvalue weighted by Crippen LogP contribution is 2.32. The SMILES string of the molecule is CCCS(=O)(=O)N1CCCc2cc(NC(=O)c3cc4ccccc4oc3=O)ccc21. The molecule has 3 aromatic rings. The molecule has 0 radical (unpaired) electrons. The van der Waals surface area contributed by atoms with Gasteiger partial charge in [-0.05, 0) is 55.2 Å². The molecule has 0 atom stereocenters. The summed E-state index contributed by atoms with van der Waals surface area (Å²) < 4.78 is 31.8. The maximum atomic E-state index is 12.7. The summed E-state index contributed by atoms with van der Waals surface area (Å²) in [6.45, 7) is 2.30. The number of nitrogens with one attached hydrogen (secondary N) is 1. The summed E-state index contributed by atoms with van der Waals surface area (Å²) in [6, 6.07) is 13.6. The minimum absolute atomic E-state index is 0.0847. The van der Waals surface area contributed by atoms with E-state index < -0.39 is 21.6 Å². The van der Waals surface area contributed by atoms with E-state index in [0.717, 1.165) is 12.0 Å². The van der Waals surface area contributed by atoms with Crippen molar-refractivity contribution in [1.82, 2.24) is 0 Å². The van der Waals surface area contributed by atoms with Crippen molar-refractivity contribution < 1.29 is 17.6 Å². The number of hydrogen-bond acceptors (Lipinski definition) is 5. The predicted octanol–water partition coefficient (Wildman–Crippen LogP) is 3.54. The van der Waals surface area contributed by atoms with E-state index in [1.54, 1.807) is 42.5 Å². The topological polar surface area (TPSA) is 96.7 Å². The second-order valence-corrected chi connectivity index (χ2v) is 9.29. The summed E-state index contributed by atoms with van der Waals surface area (Å²) in [4.78, 5) is 24.9. The van der Waals surface area contributed by atoms with Crippen molar-refractivity contribution in [2.24, 2.45) is 0 Å². The number of fused-ring (bicyclic) bond motifs is 2. The van der Waals surface area contributed by atoms with E-state index in [1.807, 2.05) is 6.92 Å². The molecule has 1 N–H and O–H groups in total. The quantitative estimate of drug-likeness (QED) is 0.630. The molecule has 1 aliphatic rings. The monoisotopic (exact) mass is 426 g/mol. The molecule has 0 saturated heterocycles. The van der Waals surface area contributed by atoms with Gasteiger partial charge in [0.25, 0.3) is 5.91 Å². The fourth-order valence-corrected chi connectivity index (χ4v) is 5.34. The Balaban J connectivity index is 1.62. The van der Waals surface area contributed by atoms with Crippen LogP contribution in [0.15, 0.2) is 57.7 Å². The molecule has 0 aliphatic carbocycles. The van der Waals surface area contributed by atoms with Crippen LogP contribution in [0.2, 0.25) is 0 Å². The van der Waals surface area contributed by atoms with Crippen LogP contribution in [0, 0.1) is 0 Å². The Labute approximate surface area is 174 Å². The van der Waals surface area contributed by atoms with E-state index >= 15 is 0 Å². The van der Waals surface area contributed by atoms with Crippen LogP contribution >= 0.6 is 0 Å². The van der Waals surface area contributed by atoms with Crippen LogP contribution in [0.25, 0.3) is 11.0 Å². The second kappa shape index (κ2) is 7.95. The molecule has 0 spiro atoms. The van der Waals surface area contributed by atoms with E-state index in [9.17, 15) is 18.0 Å². The number of nitrogens with zero attached hydrogens (tertiary/aromatic N) is 1. The summed E-state index contributed by atoms with van der Waals surface area (Å²) in [6.07, 6.45) is 1.98. The number of hydrogen-bond donors (Lipinski definition) is 1. The fraction of sp³-hybridized carbons (Fsp3) is 0.273. The van der Waals surface area contributed by atoms with Crippen LogP contribution in [0.4, 0.5) is 11.4 Å². The average Bonchev–Trinajstić information content (AvgIpc) is 2.72. The van der Waals surface area contributed by atoms with Crippen LogP contribution in [-0.4, -0.2) is 26.6 Å². The first-order valence-electron chi connectivity index (χ1n) is 9.86. The number of rotatable bonds is 5. The van der Waals surface area contributed by atoms with Crippen molar-refractivity contribution in [3.63, 3.8) is 0 Å². The lowest BCUT2D eigenvalue weighted by atomic mass is 10.0. The van der Waals surface area contributed by atoms with Gasteiger partial charge < -0.3 is 9.73 Å². The number of aryl methyl sites for hydroxylation is 1. The smallest absolute Gasteiger partial charge is 0.349 e. The fourth-order valence-electron chi connectivity index (χ4n) is 3.72. The first kappa shape index (κ1) is 20.2. The van der Waals surface area contributed by atoms with E-state index in [2.05, 4.69) is 5.32 Å². The highest BCUT2D eigenvalue weighted by Gasteiger charge is 2.27. The molecule has 2 heterocycles. The van der Waals surface area contributed by atoms with Gasteiger partial charge in [0.2, 0.25) is 10.0 Å². The molecule has 1 aromatic heterocycles. The van der Waals surface area contributed by atoms with E-state index in [-0.39, 0.29) is 11.3 Å². The number of amides is 1. The molecule has 0 saturated carbocycles. The lowest BCUT2D eigenvalue weighted by Crippen LogP contribution is -2.37. The maximum Gasteiger partial charge on any atom is 0.349 e. The molecule has 0 fully saturated rings. The van der Waals surface area contributed by atoms with Gasteiger partial charge in [0.1, 0.15) is 11.1 Å². The molecule has 7 nitrogen and oxygen atoms in total. The largest absolute Gasteiger partial charge is 0.422 e. The molecular formula is C22H22N2O5S. The van der Waals surface area contributed by atoms with Crippen molar-refractivity contribution in [3.05, 3.63) is 70.1 Å². The maximum absolute atomic E-state index is 12.7. The first-order valence-corrected chi connectivity index (χ1v) is 11.5. The zero-order valence-electron chi connectivity index (χ0n) is 16.6. The average molecular weight is 426 g/mol. The Kier molecular flexibility index (Phi) is 5.34. The second-order valence-electron chi connectivity index (χ2n) is 7.27. The van der Waals surface area contributed by atoms with Gasteiger partial charge in [-0.1, -0.05) is 25.1 Å². The van der Waals surface area contributed by atoms with Gasteiger partial charge in [0, 0.05) is 17.6 Å². The molecule has 1 aliphatic heterocycles. The normalized spacial score (nSPS) is 13.8. The van der Waals surface area contributed by atoms with Crippen LogP contribution in [-0.2, 0) is 16.4 Å². The van der Waals surface area contributed by atoms with E-state index in [4.69, 9.17) is 4.42 Å². The minimum atomic E-state index is -3.36. The van der Waals surface area contributed by atoms with Gasteiger partial charge in [0.05, 0.1) is 11.4 Å². The molecule has 4 rings (SSSR count). The number of sulfonamides is 1. The van der Waals surface area contributed by atoms with Gasteiger partial charge >= 0.3 is 5.63 Å². The zero-order chi connectivity index (χ0) is 21.3. The number of anilines is 2. The van der Waals surface area contributed by atoms with Crippen LogP contribution in [0.5, 0.6) is 0 Å².